The quantitative estimate of drug-likeness (QED) is 0.178. The van der Waals surface area contributed by atoms with Crippen LogP contribution >= 0.6 is 23.2 Å². The van der Waals surface area contributed by atoms with Crippen LogP contribution in [0, 0.1) is 5.82 Å². The molecule has 0 unspecified atom stereocenters. The summed E-state index contributed by atoms with van der Waals surface area (Å²) in [4.78, 5) is 29.3. The summed E-state index contributed by atoms with van der Waals surface area (Å²) < 4.78 is 42.7. The van der Waals surface area contributed by atoms with E-state index >= 15 is 0 Å². The molecule has 0 saturated carbocycles. The van der Waals surface area contributed by atoms with Gasteiger partial charge in [-0.05, 0) is 60.0 Å². The smallest absolute Gasteiger partial charge is 0.264 e. The van der Waals surface area contributed by atoms with Gasteiger partial charge in [0.15, 0.2) is 0 Å². The fourth-order valence-corrected chi connectivity index (χ4v) is 6.64. The normalized spacial score (nSPS) is 11.9. The molecule has 230 valence electrons. The molecule has 2 amide bonds. The van der Waals surface area contributed by atoms with Gasteiger partial charge in [-0.3, -0.25) is 13.9 Å². The van der Waals surface area contributed by atoms with E-state index < -0.39 is 40.2 Å². The molecule has 11 heteroatoms. The van der Waals surface area contributed by atoms with Crippen molar-refractivity contribution in [2.75, 3.05) is 17.4 Å². The second kappa shape index (κ2) is 15.2. The molecular formula is C33H32Cl2FN3O4S. The van der Waals surface area contributed by atoms with E-state index in [4.69, 9.17) is 23.2 Å². The fourth-order valence-electron chi connectivity index (χ4n) is 4.62. The Morgan fingerprint density at radius 2 is 1.50 bits per heavy atom. The van der Waals surface area contributed by atoms with Crippen LogP contribution in [-0.2, 0) is 32.6 Å². The summed E-state index contributed by atoms with van der Waals surface area (Å²) in [6, 6.07) is 25.7. The first-order chi connectivity index (χ1) is 21.1. The molecule has 0 bridgehead atoms. The molecule has 4 rings (SSSR count). The first-order valence-electron chi connectivity index (χ1n) is 14.0. The summed E-state index contributed by atoms with van der Waals surface area (Å²) in [5.74, 6) is -1.51. The molecule has 0 aliphatic rings. The minimum Gasteiger partial charge on any atom is -0.354 e. The first kappa shape index (κ1) is 33.0. The van der Waals surface area contributed by atoms with Gasteiger partial charge in [-0.2, -0.15) is 0 Å². The van der Waals surface area contributed by atoms with Crippen molar-refractivity contribution in [1.29, 1.82) is 0 Å². The summed E-state index contributed by atoms with van der Waals surface area (Å²) in [6.45, 7) is 1.55. The zero-order chi connectivity index (χ0) is 31.7. The summed E-state index contributed by atoms with van der Waals surface area (Å²) in [7, 11) is -4.31. The largest absolute Gasteiger partial charge is 0.354 e. The van der Waals surface area contributed by atoms with Crippen LogP contribution in [0.25, 0.3) is 0 Å². The SMILES string of the molecule is CCCNC(=O)[C@H](Cc1ccccc1)N(Cc1ccc(F)cc1)C(=O)CN(c1ccc(Cl)cc1Cl)S(=O)(=O)c1ccccc1. The van der Waals surface area contributed by atoms with Gasteiger partial charge in [0.2, 0.25) is 11.8 Å². The molecular weight excluding hydrogens is 624 g/mol. The minimum atomic E-state index is -4.31. The number of carbonyl (C=O) groups is 2. The Kier molecular flexibility index (Phi) is 11.4. The zero-order valence-corrected chi connectivity index (χ0v) is 26.3. The predicted molar refractivity (Wildman–Crippen MR) is 172 cm³/mol. The van der Waals surface area contributed by atoms with Gasteiger partial charge in [-0.15, -0.1) is 0 Å². The number of hydrogen-bond acceptors (Lipinski definition) is 4. The highest BCUT2D eigenvalue weighted by molar-refractivity contribution is 7.92. The Labute approximate surface area is 267 Å². The number of rotatable bonds is 13. The van der Waals surface area contributed by atoms with Crippen LogP contribution in [0.2, 0.25) is 10.0 Å². The van der Waals surface area contributed by atoms with Crippen LogP contribution in [0.1, 0.15) is 24.5 Å². The number of sulfonamides is 1. The van der Waals surface area contributed by atoms with Crippen LogP contribution in [0.4, 0.5) is 10.1 Å². The van der Waals surface area contributed by atoms with E-state index in [0.717, 1.165) is 9.87 Å². The van der Waals surface area contributed by atoms with Gasteiger partial charge in [0.1, 0.15) is 18.4 Å². The summed E-state index contributed by atoms with van der Waals surface area (Å²) in [6.07, 6.45) is 0.838. The van der Waals surface area contributed by atoms with E-state index in [-0.39, 0.29) is 33.6 Å². The summed E-state index contributed by atoms with van der Waals surface area (Å²) in [5, 5.41) is 3.19. The molecule has 0 fully saturated rings. The Bertz CT molecular complexity index is 1670. The number of hydrogen-bond donors (Lipinski definition) is 1. The number of benzene rings is 4. The van der Waals surface area contributed by atoms with Crippen molar-refractivity contribution in [2.45, 2.75) is 37.2 Å². The van der Waals surface area contributed by atoms with E-state index in [2.05, 4.69) is 5.32 Å². The lowest BCUT2D eigenvalue weighted by molar-refractivity contribution is -0.140. The molecule has 4 aromatic carbocycles. The second-order valence-electron chi connectivity index (χ2n) is 10.1. The van der Waals surface area contributed by atoms with Gasteiger partial charge < -0.3 is 10.2 Å². The highest BCUT2D eigenvalue weighted by Crippen LogP contribution is 2.33. The van der Waals surface area contributed by atoms with Gasteiger partial charge in [0.05, 0.1) is 15.6 Å². The van der Waals surface area contributed by atoms with Crippen LogP contribution < -0.4 is 9.62 Å². The van der Waals surface area contributed by atoms with Crippen LogP contribution in [0.5, 0.6) is 0 Å². The zero-order valence-electron chi connectivity index (χ0n) is 24.0. The lowest BCUT2D eigenvalue weighted by atomic mass is 10.0. The molecule has 0 heterocycles. The van der Waals surface area contributed by atoms with Crippen molar-refractivity contribution in [3.05, 3.63) is 130 Å². The van der Waals surface area contributed by atoms with Gasteiger partial charge in [0.25, 0.3) is 10.0 Å². The molecule has 4 aromatic rings. The molecule has 0 aliphatic heterocycles. The van der Waals surface area contributed by atoms with E-state index in [1.807, 2.05) is 37.3 Å². The topological polar surface area (TPSA) is 86.8 Å². The van der Waals surface area contributed by atoms with Crippen LogP contribution in [0.3, 0.4) is 0 Å². The molecule has 0 aliphatic carbocycles. The Hall–Kier alpha value is -3.92. The van der Waals surface area contributed by atoms with Gasteiger partial charge >= 0.3 is 0 Å². The summed E-state index contributed by atoms with van der Waals surface area (Å²) >= 11 is 12.6. The third-order valence-corrected chi connectivity index (χ3v) is 9.19. The second-order valence-corrected chi connectivity index (χ2v) is 12.8. The van der Waals surface area contributed by atoms with Crippen molar-refractivity contribution < 1.29 is 22.4 Å². The number of nitrogens with one attached hydrogen (secondary N) is 1. The van der Waals surface area contributed by atoms with E-state index in [1.165, 1.54) is 59.5 Å². The molecule has 0 spiro atoms. The van der Waals surface area contributed by atoms with Gasteiger partial charge in [0, 0.05) is 24.5 Å². The minimum absolute atomic E-state index is 0.0245. The average Bonchev–Trinajstić information content (AvgIpc) is 3.02. The molecule has 44 heavy (non-hydrogen) atoms. The first-order valence-corrected chi connectivity index (χ1v) is 16.2. The lowest BCUT2D eigenvalue weighted by Gasteiger charge is -2.34. The molecule has 0 aromatic heterocycles. The van der Waals surface area contributed by atoms with Crippen molar-refractivity contribution in [2.24, 2.45) is 0 Å². The molecule has 0 saturated heterocycles. The van der Waals surface area contributed by atoms with Crippen molar-refractivity contribution in [1.82, 2.24) is 10.2 Å². The highest BCUT2D eigenvalue weighted by atomic mass is 35.5. The molecule has 1 atom stereocenters. The molecule has 1 N–H and O–H groups in total. The molecule has 7 nitrogen and oxygen atoms in total. The number of halogens is 3. The standard InChI is InChI=1S/C33H32Cl2FN3O4S/c1-2-19-37-33(41)31(20-24-9-5-3-6-10-24)38(22-25-13-16-27(36)17-14-25)32(40)23-39(30-18-15-26(34)21-29(30)35)44(42,43)28-11-7-4-8-12-28/h3-18,21,31H,2,19-20,22-23H2,1H3,(H,37,41)/t31-/m0/s1. The summed E-state index contributed by atoms with van der Waals surface area (Å²) in [5.41, 5.74) is 1.41. The van der Waals surface area contributed by atoms with Gasteiger partial charge in [-0.25, -0.2) is 12.8 Å². The van der Waals surface area contributed by atoms with E-state index in [1.54, 1.807) is 18.2 Å². The number of amides is 2. The average molecular weight is 657 g/mol. The van der Waals surface area contributed by atoms with Crippen molar-refractivity contribution >= 4 is 50.7 Å². The van der Waals surface area contributed by atoms with E-state index in [0.29, 0.717) is 18.5 Å². The predicted octanol–water partition coefficient (Wildman–Crippen LogP) is 6.49. The monoisotopic (exact) mass is 655 g/mol. The Morgan fingerprint density at radius 1 is 0.864 bits per heavy atom. The van der Waals surface area contributed by atoms with Crippen LogP contribution in [0.15, 0.2) is 108 Å². The number of anilines is 1. The lowest BCUT2D eigenvalue weighted by Crippen LogP contribution is -2.53. The maximum Gasteiger partial charge on any atom is 0.264 e. The van der Waals surface area contributed by atoms with Crippen molar-refractivity contribution in [3.8, 4) is 0 Å². The third-order valence-electron chi connectivity index (χ3n) is 6.87. The van der Waals surface area contributed by atoms with Crippen molar-refractivity contribution in [3.63, 3.8) is 0 Å². The Balaban J connectivity index is 1.81. The van der Waals surface area contributed by atoms with Crippen LogP contribution in [-0.4, -0.2) is 44.3 Å². The maximum absolute atomic E-state index is 14.4. The Morgan fingerprint density at radius 3 is 2.11 bits per heavy atom. The third kappa shape index (κ3) is 8.37. The van der Waals surface area contributed by atoms with Gasteiger partial charge in [-0.1, -0.05) is 90.8 Å². The van der Waals surface area contributed by atoms with E-state index in [9.17, 15) is 22.4 Å². The molecule has 0 radical (unpaired) electrons. The number of carbonyl (C=O) groups excluding carboxylic acids is 2. The highest BCUT2D eigenvalue weighted by Gasteiger charge is 2.35. The number of nitrogens with zero attached hydrogens (tertiary/aromatic N) is 2. The maximum atomic E-state index is 14.4. The fraction of sp³-hybridized carbons (Fsp3) is 0.212.